The Balaban J connectivity index is 1.77. The van der Waals surface area contributed by atoms with Crippen molar-refractivity contribution in [2.45, 2.75) is 83.2 Å². The molecule has 0 aliphatic heterocycles. The molecule has 1 radical (unpaired) electrons. The SMILES string of the molecule is C[Si](C)Oc1c(-c2cccc(C=O)n2)ccc(C(C)(C)C)c1C12CC3CC(CC(C3)C1)C2. The maximum Gasteiger partial charge on any atom is 0.274 e. The fourth-order valence-electron chi connectivity index (χ4n) is 7.33. The van der Waals surface area contributed by atoms with Crippen LogP contribution >= 0.6 is 0 Å². The fourth-order valence-corrected chi connectivity index (χ4v) is 7.95. The third-order valence-corrected chi connectivity index (χ3v) is 8.62. The monoisotopic (exact) mass is 446 g/mol. The molecule has 1 aromatic heterocycles. The summed E-state index contributed by atoms with van der Waals surface area (Å²) in [5, 5.41) is 0. The molecule has 1 heterocycles. The number of aromatic nitrogens is 1. The van der Waals surface area contributed by atoms with Crippen LogP contribution in [0, 0.1) is 17.8 Å². The molecule has 32 heavy (non-hydrogen) atoms. The van der Waals surface area contributed by atoms with Crippen molar-refractivity contribution in [2.75, 3.05) is 0 Å². The van der Waals surface area contributed by atoms with Gasteiger partial charge >= 0.3 is 0 Å². The maximum atomic E-state index is 11.4. The Morgan fingerprint density at radius 1 is 1.00 bits per heavy atom. The Bertz CT molecular complexity index is 1000. The van der Waals surface area contributed by atoms with E-state index in [-0.39, 0.29) is 10.8 Å². The largest absolute Gasteiger partial charge is 0.542 e. The van der Waals surface area contributed by atoms with Gasteiger partial charge in [-0.2, -0.15) is 0 Å². The minimum atomic E-state index is -0.982. The Labute approximate surface area is 194 Å². The van der Waals surface area contributed by atoms with Gasteiger partial charge in [-0.3, -0.25) is 4.79 Å². The van der Waals surface area contributed by atoms with E-state index in [1.807, 2.05) is 12.1 Å². The quantitative estimate of drug-likeness (QED) is 0.368. The van der Waals surface area contributed by atoms with Crippen LogP contribution in [0.4, 0.5) is 0 Å². The molecular weight excluding hydrogens is 410 g/mol. The van der Waals surface area contributed by atoms with E-state index in [1.165, 1.54) is 49.7 Å². The van der Waals surface area contributed by atoms with Crippen molar-refractivity contribution < 1.29 is 9.22 Å². The van der Waals surface area contributed by atoms with Gasteiger partial charge in [-0.15, -0.1) is 0 Å². The van der Waals surface area contributed by atoms with Crippen LogP contribution in [0.25, 0.3) is 11.3 Å². The van der Waals surface area contributed by atoms with Crippen molar-refractivity contribution in [1.82, 2.24) is 4.98 Å². The van der Waals surface area contributed by atoms with Crippen molar-refractivity contribution in [2.24, 2.45) is 17.8 Å². The van der Waals surface area contributed by atoms with E-state index in [1.54, 1.807) is 6.07 Å². The van der Waals surface area contributed by atoms with Gasteiger partial charge in [0.05, 0.1) is 5.69 Å². The van der Waals surface area contributed by atoms with Crippen LogP contribution in [0.1, 0.15) is 80.9 Å². The summed E-state index contributed by atoms with van der Waals surface area (Å²) in [4.78, 5) is 16.1. The second kappa shape index (κ2) is 7.83. The molecule has 0 spiro atoms. The van der Waals surface area contributed by atoms with Gasteiger partial charge in [-0.05, 0) is 98.6 Å². The van der Waals surface area contributed by atoms with E-state index in [2.05, 4.69) is 51.0 Å². The molecule has 4 aliphatic rings. The van der Waals surface area contributed by atoms with Crippen LogP contribution in [-0.2, 0) is 10.8 Å². The molecule has 169 valence electrons. The minimum Gasteiger partial charge on any atom is -0.542 e. The zero-order valence-electron chi connectivity index (χ0n) is 20.2. The highest BCUT2D eigenvalue weighted by molar-refractivity contribution is 6.49. The van der Waals surface area contributed by atoms with Crippen LogP contribution in [0.3, 0.4) is 0 Å². The third kappa shape index (κ3) is 3.75. The van der Waals surface area contributed by atoms with Gasteiger partial charge in [0.25, 0.3) is 9.04 Å². The molecule has 0 unspecified atom stereocenters. The fraction of sp³-hybridized carbons (Fsp3) is 0.571. The molecule has 3 nitrogen and oxygen atoms in total. The first-order chi connectivity index (χ1) is 15.2. The number of rotatable bonds is 5. The molecule has 0 saturated heterocycles. The molecule has 2 aromatic rings. The molecule has 4 aliphatic carbocycles. The summed E-state index contributed by atoms with van der Waals surface area (Å²) in [6, 6.07) is 10.3. The summed E-state index contributed by atoms with van der Waals surface area (Å²) in [7, 11) is -0.982. The van der Waals surface area contributed by atoms with Gasteiger partial charge in [0.15, 0.2) is 6.29 Å². The maximum absolute atomic E-state index is 11.4. The average molecular weight is 447 g/mol. The summed E-state index contributed by atoms with van der Waals surface area (Å²) >= 11 is 0. The summed E-state index contributed by atoms with van der Waals surface area (Å²) in [6.07, 6.45) is 9.04. The van der Waals surface area contributed by atoms with Crippen molar-refractivity contribution >= 4 is 15.3 Å². The molecule has 0 N–H and O–H groups in total. The van der Waals surface area contributed by atoms with Crippen LogP contribution in [0.5, 0.6) is 5.75 Å². The Morgan fingerprint density at radius 2 is 1.62 bits per heavy atom. The first kappa shape index (κ1) is 21.9. The highest BCUT2D eigenvalue weighted by Gasteiger charge is 2.54. The van der Waals surface area contributed by atoms with E-state index in [0.29, 0.717) is 5.69 Å². The number of nitrogens with zero attached hydrogens (tertiary/aromatic N) is 1. The van der Waals surface area contributed by atoms with Crippen LogP contribution in [0.15, 0.2) is 30.3 Å². The van der Waals surface area contributed by atoms with Crippen molar-refractivity contribution in [3.63, 3.8) is 0 Å². The van der Waals surface area contributed by atoms with Gasteiger partial charge in [0, 0.05) is 16.5 Å². The third-order valence-electron chi connectivity index (χ3n) is 8.01. The van der Waals surface area contributed by atoms with Gasteiger partial charge in [-0.1, -0.05) is 32.9 Å². The predicted molar refractivity (Wildman–Crippen MR) is 132 cm³/mol. The molecule has 1 aromatic carbocycles. The molecule has 4 saturated carbocycles. The molecule has 4 heteroatoms. The van der Waals surface area contributed by atoms with E-state index >= 15 is 0 Å². The summed E-state index contributed by atoms with van der Waals surface area (Å²) < 4.78 is 6.80. The Kier molecular flexibility index (Phi) is 5.35. The van der Waals surface area contributed by atoms with E-state index in [4.69, 9.17) is 4.43 Å². The molecular formula is C28H36NO2Si. The number of carbonyl (C=O) groups excluding carboxylic acids is 1. The highest BCUT2D eigenvalue weighted by atomic mass is 28.3. The number of benzene rings is 1. The molecule has 0 amide bonds. The van der Waals surface area contributed by atoms with E-state index in [0.717, 1.165) is 41.0 Å². The first-order valence-corrected chi connectivity index (χ1v) is 14.7. The standard InChI is InChI=1S/C28H36NO2Si/c1-27(2,3)23-10-9-22(24-8-6-7-21(17-30)29-24)26(31-32(4)5)25(23)28-14-18-11-19(15-28)13-20(12-18)16-28/h6-10,17-20H,11-16H2,1-5H3. The first-order valence-electron chi connectivity index (χ1n) is 12.3. The number of hydrogen-bond donors (Lipinski definition) is 0. The van der Waals surface area contributed by atoms with Crippen molar-refractivity contribution in [3.8, 4) is 17.0 Å². The molecule has 4 bridgehead atoms. The highest BCUT2D eigenvalue weighted by Crippen LogP contribution is 2.63. The van der Waals surface area contributed by atoms with Gasteiger partial charge in [0.1, 0.15) is 11.4 Å². The normalized spacial score (nSPS) is 28.9. The van der Waals surface area contributed by atoms with Crippen LogP contribution < -0.4 is 4.43 Å². The lowest BCUT2D eigenvalue weighted by Crippen LogP contribution is -2.49. The van der Waals surface area contributed by atoms with E-state index in [9.17, 15) is 4.79 Å². The lowest BCUT2D eigenvalue weighted by atomic mass is 9.47. The zero-order chi connectivity index (χ0) is 22.7. The summed E-state index contributed by atoms with van der Waals surface area (Å²) in [5.74, 6) is 3.68. The van der Waals surface area contributed by atoms with Gasteiger partial charge in [-0.25, -0.2) is 4.98 Å². The molecule has 0 atom stereocenters. The van der Waals surface area contributed by atoms with Gasteiger partial charge in [0.2, 0.25) is 0 Å². The smallest absolute Gasteiger partial charge is 0.274 e. The minimum absolute atomic E-state index is 0.0434. The predicted octanol–water partition coefficient (Wildman–Crippen LogP) is 6.96. The Morgan fingerprint density at radius 3 is 2.16 bits per heavy atom. The van der Waals surface area contributed by atoms with Crippen LogP contribution in [0.2, 0.25) is 13.1 Å². The zero-order valence-corrected chi connectivity index (χ0v) is 21.2. The van der Waals surface area contributed by atoms with Crippen LogP contribution in [-0.4, -0.2) is 20.3 Å². The number of aldehydes is 1. The lowest BCUT2D eigenvalue weighted by molar-refractivity contribution is -0.00655. The summed E-state index contributed by atoms with van der Waals surface area (Å²) in [5.41, 5.74) is 5.56. The van der Waals surface area contributed by atoms with Crippen molar-refractivity contribution in [1.29, 1.82) is 0 Å². The molecule has 4 fully saturated rings. The summed E-state index contributed by atoms with van der Waals surface area (Å²) in [6.45, 7) is 11.5. The lowest BCUT2D eigenvalue weighted by Gasteiger charge is -2.58. The second-order valence-corrected chi connectivity index (χ2v) is 13.9. The van der Waals surface area contributed by atoms with Gasteiger partial charge < -0.3 is 4.43 Å². The number of carbonyl (C=O) groups is 1. The number of hydrogen-bond acceptors (Lipinski definition) is 3. The van der Waals surface area contributed by atoms with Crippen molar-refractivity contribution in [3.05, 3.63) is 47.2 Å². The van der Waals surface area contributed by atoms with E-state index < -0.39 is 9.04 Å². The topological polar surface area (TPSA) is 39.2 Å². The second-order valence-electron chi connectivity index (χ2n) is 11.9. The number of pyridine rings is 1. The molecule has 6 rings (SSSR count). The Hall–Kier alpha value is -1.94. The average Bonchev–Trinajstić information content (AvgIpc) is 2.71.